The summed E-state index contributed by atoms with van der Waals surface area (Å²) in [5.41, 5.74) is 0. The number of thiophene rings is 1. The highest BCUT2D eigenvalue weighted by Crippen LogP contribution is 2.26. The van der Waals surface area contributed by atoms with Crippen LogP contribution in [0, 0.1) is 12.8 Å². The Morgan fingerprint density at radius 1 is 1.41 bits per heavy atom. The lowest BCUT2D eigenvalue weighted by molar-refractivity contribution is -0.126. The molecule has 2 heterocycles. The fourth-order valence-electron chi connectivity index (χ4n) is 2.72. The summed E-state index contributed by atoms with van der Waals surface area (Å²) in [4.78, 5) is 28.5. The Kier molecular flexibility index (Phi) is 5.97. The molecule has 1 aliphatic rings. The molecule has 22 heavy (non-hydrogen) atoms. The van der Waals surface area contributed by atoms with Crippen molar-refractivity contribution in [2.45, 2.75) is 32.7 Å². The smallest absolute Gasteiger partial charge is 0.264 e. The highest BCUT2D eigenvalue weighted by Gasteiger charge is 2.33. The van der Waals surface area contributed by atoms with Gasteiger partial charge >= 0.3 is 0 Å². The van der Waals surface area contributed by atoms with Crippen LogP contribution in [0.1, 0.15) is 34.3 Å². The van der Waals surface area contributed by atoms with E-state index in [-0.39, 0.29) is 23.8 Å². The fraction of sp³-hybridized carbons (Fsp3) is 0.625. The summed E-state index contributed by atoms with van der Waals surface area (Å²) in [5, 5.41) is 2.87. The van der Waals surface area contributed by atoms with Crippen LogP contribution in [0.3, 0.4) is 0 Å². The molecule has 2 atom stereocenters. The highest BCUT2D eigenvalue weighted by molar-refractivity contribution is 7.13. The first-order valence-electron chi connectivity index (χ1n) is 7.67. The molecule has 1 saturated heterocycles. The van der Waals surface area contributed by atoms with Crippen LogP contribution in [0.25, 0.3) is 0 Å². The molecule has 5 nitrogen and oxygen atoms in total. The van der Waals surface area contributed by atoms with E-state index < -0.39 is 0 Å². The number of rotatable bonds is 5. The van der Waals surface area contributed by atoms with Crippen molar-refractivity contribution >= 4 is 23.2 Å². The van der Waals surface area contributed by atoms with Gasteiger partial charge in [-0.05, 0) is 38.8 Å². The summed E-state index contributed by atoms with van der Waals surface area (Å²) in [6, 6.07) is 4.01. The first-order valence-corrected chi connectivity index (χ1v) is 8.48. The molecular formula is C16H24N2O3S. The van der Waals surface area contributed by atoms with E-state index in [1.807, 2.05) is 24.0 Å². The molecule has 0 radical (unpaired) electrons. The molecule has 0 spiro atoms. The second-order valence-corrected chi connectivity index (χ2v) is 7.06. The van der Waals surface area contributed by atoms with Crippen LogP contribution in [0.15, 0.2) is 12.1 Å². The summed E-state index contributed by atoms with van der Waals surface area (Å²) in [6.07, 6.45) is 1.69. The maximum Gasteiger partial charge on any atom is 0.264 e. The van der Waals surface area contributed by atoms with Gasteiger partial charge in [0.05, 0.1) is 17.4 Å². The van der Waals surface area contributed by atoms with Crippen LogP contribution < -0.4 is 5.32 Å². The summed E-state index contributed by atoms with van der Waals surface area (Å²) >= 11 is 1.51. The molecule has 1 N–H and O–H groups in total. The molecule has 2 rings (SSSR count). The number of nitrogens with one attached hydrogen (secondary N) is 1. The second kappa shape index (κ2) is 7.74. The fourth-order valence-corrected chi connectivity index (χ4v) is 3.54. The SMILES string of the molecule is COCCNC(=O)C1CCC(C)N(C(=O)c2ccc(C)s2)C1. The van der Waals surface area contributed by atoms with Crippen LogP contribution in [0.2, 0.25) is 0 Å². The van der Waals surface area contributed by atoms with Crippen LogP contribution in [0.4, 0.5) is 0 Å². The van der Waals surface area contributed by atoms with E-state index in [1.54, 1.807) is 7.11 Å². The van der Waals surface area contributed by atoms with E-state index in [1.165, 1.54) is 11.3 Å². The molecule has 1 fully saturated rings. The summed E-state index contributed by atoms with van der Waals surface area (Å²) in [5.74, 6) is -0.0674. The van der Waals surface area contributed by atoms with Crippen LogP contribution in [0.5, 0.6) is 0 Å². The number of nitrogens with zero attached hydrogens (tertiary/aromatic N) is 1. The Morgan fingerprint density at radius 3 is 2.82 bits per heavy atom. The number of methoxy groups -OCH3 is 1. The average Bonchev–Trinajstić information content (AvgIpc) is 2.93. The number of ether oxygens (including phenoxy) is 1. The van der Waals surface area contributed by atoms with Crippen molar-refractivity contribution in [1.29, 1.82) is 0 Å². The monoisotopic (exact) mass is 324 g/mol. The lowest BCUT2D eigenvalue weighted by atomic mass is 9.92. The quantitative estimate of drug-likeness (QED) is 0.844. The lowest BCUT2D eigenvalue weighted by Crippen LogP contribution is -2.49. The van der Waals surface area contributed by atoms with Gasteiger partial charge < -0.3 is 15.0 Å². The van der Waals surface area contributed by atoms with Crippen molar-refractivity contribution < 1.29 is 14.3 Å². The lowest BCUT2D eigenvalue weighted by Gasteiger charge is -2.37. The Labute approximate surface area is 135 Å². The van der Waals surface area contributed by atoms with Crippen LogP contribution >= 0.6 is 11.3 Å². The van der Waals surface area contributed by atoms with Gasteiger partial charge in [-0.2, -0.15) is 0 Å². The van der Waals surface area contributed by atoms with E-state index in [2.05, 4.69) is 12.2 Å². The minimum Gasteiger partial charge on any atom is -0.383 e. The van der Waals surface area contributed by atoms with Crippen molar-refractivity contribution in [3.8, 4) is 0 Å². The normalized spacial score (nSPS) is 21.7. The number of carbonyl (C=O) groups excluding carboxylic acids is 2. The Hall–Kier alpha value is -1.40. The van der Waals surface area contributed by atoms with Crippen molar-refractivity contribution in [3.05, 3.63) is 21.9 Å². The molecule has 1 aromatic heterocycles. The van der Waals surface area contributed by atoms with Crippen molar-refractivity contribution in [2.75, 3.05) is 26.8 Å². The minimum atomic E-state index is -0.127. The van der Waals surface area contributed by atoms with Crippen LogP contribution in [-0.2, 0) is 9.53 Å². The molecule has 0 aliphatic carbocycles. The highest BCUT2D eigenvalue weighted by atomic mass is 32.1. The van der Waals surface area contributed by atoms with E-state index in [9.17, 15) is 9.59 Å². The number of amides is 2. The van der Waals surface area contributed by atoms with Crippen molar-refractivity contribution in [3.63, 3.8) is 0 Å². The molecule has 2 amide bonds. The molecule has 122 valence electrons. The molecule has 6 heteroatoms. The minimum absolute atomic E-state index is 0.0177. The predicted octanol–water partition coefficient (Wildman–Crippen LogP) is 2.06. The number of hydrogen-bond donors (Lipinski definition) is 1. The van der Waals surface area contributed by atoms with Crippen molar-refractivity contribution in [1.82, 2.24) is 10.2 Å². The Morgan fingerprint density at radius 2 is 2.18 bits per heavy atom. The van der Waals surface area contributed by atoms with Gasteiger partial charge in [0.25, 0.3) is 5.91 Å². The van der Waals surface area contributed by atoms with Gasteiger partial charge in [-0.15, -0.1) is 11.3 Å². The maximum absolute atomic E-state index is 12.6. The Balaban J connectivity index is 1.98. The second-order valence-electron chi connectivity index (χ2n) is 5.77. The number of hydrogen-bond acceptors (Lipinski definition) is 4. The zero-order valence-corrected chi connectivity index (χ0v) is 14.2. The van der Waals surface area contributed by atoms with E-state index >= 15 is 0 Å². The van der Waals surface area contributed by atoms with E-state index in [0.717, 1.165) is 22.6 Å². The standard InChI is InChI=1S/C16H24N2O3S/c1-11-4-6-13(15(19)17-8-9-21-3)10-18(11)16(20)14-7-5-12(2)22-14/h5,7,11,13H,4,6,8-10H2,1-3H3,(H,17,19). The van der Waals surface area contributed by atoms with Gasteiger partial charge in [0.2, 0.25) is 5.91 Å². The molecule has 0 bridgehead atoms. The third kappa shape index (κ3) is 4.08. The molecule has 1 aliphatic heterocycles. The average molecular weight is 324 g/mol. The van der Waals surface area contributed by atoms with Gasteiger partial charge in [0, 0.05) is 31.1 Å². The number of aryl methyl sites for hydroxylation is 1. The zero-order valence-electron chi connectivity index (χ0n) is 13.4. The first-order chi connectivity index (χ1) is 10.5. The number of likely N-dealkylation sites (tertiary alicyclic amines) is 1. The van der Waals surface area contributed by atoms with Crippen LogP contribution in [-0.4, -0.2) is 49.6 Å². The summed E-state index contributed by atoms with van der Waals surface area (Å²) < 4.78 is 4.94. The molecule has 1 aromatic rings. The number of piperidine rings is 1. The largest absolute Gasteiger partial charge is 0.383 e. The molecule has 0 aromatic carbocycles. The first kappa shape index (κ1) is 17.0. The van der Waals surface area contributed by atoms with Gasteiger partial charge in [-0.25, -0.2) is 0 Å². The van der Waals surface area contributed by atoms with Gasteiger partial charge in [0.1, 0.15) is 0 Å². The predicted molar refractivity (Wildman–Crippen MR) is 87.2 cm³/mol. The molecule has 2 unspecified atom stereocenters. The van der Waals surface area contributed by atoms with E-state index in [4.69, 9.17) is 4.74 Å². The zero-order chi connectivity index (χ0) is 16.1. The topological polar surface area (TPSA) is 58.6 Å². The summed E-state index contributed by atoms with van der Waals surface area (Å²) in [6.45, 7) is 5.56. The van der Waals surface area contributed by atoms with E-state index in [0.29, 0.717) is 19.7 Å². The summed E-state index contributed by atoms with van der Waals surface area (Å²) in [7, 11) is 1.61. The Bertz CT molecular complexity index is 529. The molecular weight excluding hydrogens is 300 g/mol. The number of carbonyl (C=O) groups is 2. The third-order valence-corrected chi connectivity index (χ3v) is 5.06. The maximum atomic E-state index is 12.6. The van der Waals surface area contributed by atoms with Crippen molar-refractivity contribution in [2.24, 2.45) is 5.92 Å². The van der Waals surface area contributed by atoms with Gasteiger partial charge in [-0.3, -0.25) is 9.59 Å². The van der Waals surface area contributed by atoms with Gasteiger partial charge in [-0.1, -0.05) is 0 Å². The third-order valence-electron chi connectivity index (χ3n) is 4.07. The molecule has 0 saturated carbocycles. The van der Waals surface area contributed by atoms with Gasteiger partial charge in [0.15, 0.2) is 0 Å².